The number of aromatic nitrogens is 2. The Morgan fingerprint density at radius 1 is 1.53 bits per heavy atom. The van der Waals surface area contributed by atoms with E-state index in [9.17, 15) is 4.79 Å². The molecule has 1 aromatic rings. The van der Waals surface area contributed by atoms with E-state index < -0.39 is 6.09 Å². The maximum Gasteiger partial charge on any atom is 0.407 e. The molecule has 0 fully saturated rings. The van der Waals surface area contributed by atoms with Crippen LogP contribution in [0, 0.1) is 0 Å². The number of anilines is 1. The summed E-state index contributed by atoms with van der Waals surface area (Å²) in [7, 11) is 0. The van der Waals surface area contributed by atoms with Gasteiger partial charge in [-0.15, -0.1) is 10.2 Å². The van der Waals surface area contributed by atoms with E-state index in [2.05, 4.69) is 10.2 Å². The van der Waals surface area contributed by atoms with Crippen molar-refractivity contribution < 1.29 is 9.90 Å². The van der Waals surface area contributed by atoms with Crippen LogP contribution >= 0.6 is 0 Å². The van der Waals surface area contributed by atoms with Crippen molar-refractivity contribution in [1.82, 2.24) is 15.1 Å². The van der Waals surface area contributed by atoms with Gasteiger partial charge in [0.25, 0.3) is 0 Å². The van der Waals surface area contributed by atoms with E-state index >= 15 is 0 Å². The highest BCUT2D eigenvalue weighted by molar-refractivity contribution is 5.70. The molecule has 6 nitrogen and oxygen atoms in total. The summed E-state index contributed by atoms with van der Waals surface area (Å²) in [6.07, 6.45) is 1.62. The molecule has 0 saturated heterocycles. The van der Waals surface area contributed by atoms with Gasteiger partial charge in [-0.25, -0.2) is 4.79 Å². The number of nitrogens with zero attached hydrogens (tertiary/aromatic N) is 3. The van der Waals surface area contributed by atoms with Gasteiger partial charge in [-0.2, -0.15) is 0 Å². The van der Waals surface area contributed by atoms with Gasteiger partial charge < -0.3 is 15.7 Å². The summed E-state index contributed by atoms with van der Waals surface area (Å²) in [4.78, 5) is 12.3. The molecule has 0 bridgehead atoms. The van der Waals surface area contributed by atoms with Crippen molar-refractivity contribution in [3.05, 3.63) is 23.9 Å². The molecule has 1 aromatic heterocycles. The Morgan fingerprint density at radius 2 is 2.29 bits per heavy atom. The minimum Gasteiger partial charge on any atom is -0.465 e. The third-order valence-corrected chi connectivity index (χ3v) is 2.84. The zero-order chi connectivity index (χ0) is 12.4. The highest BCUT2D eigenvalue weighted by Gasteiger charge is 2.24. The second kappa shape index (κ2) is 4.40. The number of nitrogens with two attached hydrogens (primary N) is 1. The first-order chi connectivity index (χ1) is 8.08. The van der Waals surface area contributed by atoms with Crippen molar-refractivity contribution in [1.29, 1.82) is 0 Å². The summed E-state index contributed by atoms with van der Waals surface area (Å²) in [5.41, 5.74) is 7.24. The van der Waals surface area contributed by atoms with Gasteiger partial charge >= 0.3 is 6.09 Å². The Labute approximate surface area is 98.8 Å². The van der Waals surface area contributed by atoms with Crippen LogP contribution in [0.2, 0.25) is 0 Å². The maximum absolute atomic E-state index is 10.9. The monoisotopic (exact) mass is 234 g/mol. The molecular formula is C11H14N4O2. The van der Waals surface area contributed by atoms with Crippen LogP contribution < -0.4 is 5.73 Å². The van der Waals surface area contributed by atoms with E-state index in [1.165, 1.54) is 4.90 Å². The first kappa shape index (κ1) is 11.4. The standard InChI is InChI=1S/C11H14N4O2/c1-7-6-8(4-5-15(7)11(16)17)9-2-3-10(12)14-13-9/h2-4,7H,5-6H2,1H3,(H2,12,14)(H,16,17)/t7-/m0/s1. The molecule has 0 aromatic carbocycles. The zero-order valence-electron chi connectivity index (χ0n) is 9.50. The lowest BCUT2D eigenvalue weighted by Gasteiger charge is -2.30. The van der Waals surface area contributed by atoms with Crippen LogP contribution in [0.15, 0.2) is 18.2 Å². The number of amides is 1. The molecule has 90 valence electrons. The number of nitrogen functional groups attached to an aromatic ring is 1. The van der Waals surface area contributed by atoms with Crippen molar-refractivity contribution in [3.8, 4) is 0 Å². The Bertz CT molecular complexity index is 455. The fourth-order valence-corrected chi connectivity index (χ4v) is 1.89. The largest absolute Gasteiger partial charge is 0.465 e. The SMILES string of the molecule is C[C@H]1CC(c2ccc(N)nn2)=CCN1C(=O)O. The number of carboxylic acid groups (broad SMARTS) is 1. The molecule has 1 atom stereocenters. The Balaban J connectivity index is 2.19. The second-order valence-corrected chi connectivity index (χ2v) is 4.06. The van der Waals surface area contributed by atoms with Crippen LogP contribution in [0.3, 0.4) is 0 Å². The summed E-state index contributed by atoms with van der Waals surface area (Å²) < 4.78 is 0. The van der Waals surface area contributed by atoms with E-state index in [-0.39, 0.29) is 6.04 Å². The van der Waals surface area contributed by atoms with Gasteiger partial charge in [0, 0.05) is 12.6 Å². The Kier molecular flexibility index (Phi) is 2.95. The molecule has 2 rings (SSSR count). The minimum atomic E-state index is -0.892. The highest BCUT2D eigenvalue weighted by Crippen LogP contribution is 2.24. The average molecular weight is 234 g/mol. The summed E-state index contributed by atoms with van der Waals surface area (Å²) in [6, 6.07) is 3.45. The van der Waals surface area contributed by atoms with E-state index in [0.717, 1.165) is 11.3 Å². The summed E-state index contributed by atoms with van der Waals surface area (Å²) in [5, 5.41) is 16.7. The molecule has 6 heteroatoms. The van der Waals surface area contributed by atoms with Gasteiger partial charge in [0.1, 0.15) is 5.82 Å². The predicted octanol–water partition coefficient (Wildman–Crippen LogP) is 1.21. The average Bonchev–Trinajstić information content (AvgIpc) is 2.29. The molecular weight excluding hydrogens is 220 g/mol. The van der Waals surface area contributed by atoms with Crippen molar-refractivity contribution in [3.63, 3.8) is 0 Å². The third kappa shape index (κ3) is 2.35. The first-order valence-corrected chi connectivity index (χ1v) is 5.36. The molecule has 2 heterocycles. The van der Waals surface area contributed by atoms with Crippen molar-refractivity contribution in [2.24, 2.45) is 0 Å². The number of hydrogen-bond donors (Lipinski definition) is 2. The number of carbonyl (C=O) groups is 1. The second-order valence-electron chi connectivity index (χ2n) is 4.06. The van der Waals surface area contributed by atoms with Crippen LogP contribution in [0.1, 0.15) is 19.0 Å². The molecule has 17 heavy (non-hydrogen) atoms. The predicted molar refractivity (Wildman–Crippen MR) is 63.2 cm³/mol. The highest BCUT2D eigenvalue weighted by atomic mass is 16.4. The molecule has 1 amide bonds. The molecule has 3 N–H and O–H groups in total. The fraction of sp³-hybridized carbons (Fsp3) is 0.364. The quantitative estimate of drug-likeness (QED) is 0.762. The fourth-order valence-electron chi connectivity index (χ4n) is 1.89. The van der Waals surface area contributed by atoms with Crippen LogP contribution in [-0.4, -0.2) is 38.9 Å². The van der Waals surface area contributed by atoms with Crippen LogP contribution in [-0.2, 0) is 0 Å². The van der Waals surface area contributed by atoms with Crippen molar-refractivity contribution in [2.45, 2.75) is 19.4 Å². The molecule has 0 saturated carbocycles. The van der Waals surface area contributed by atoms with Gasteiger partial charge in [0.05, 0.1) is 5.69 Å². The summed E-state index contributed by atoms with van der Waals surface area (Å²) in [5.74, 6) is 0.380. The van der Waals surface area contributed by atoms with E-state index in [1.54, 1.807) is 12.1 Å². The molecule has 0 unspecified atom stereocenters. The Hall–Kier alpha value is -2.11. The van der Waals surface area contributed by atoms with E-state index in [0.29, 0.717) is 18.8 Å². The van der Waals surface area contributed by atoms with Crippen LogP contribution in [0.25, 0.3) is 5.57 Å². The van der Waals surface area contributed by atoms with Crippen LogP contribution in [0.5, 0.6) is 0 Å². The lowest BCUT2D eigenvalue weighted by Crippen LogP contribution is -2.40. The topological polar surface area (TPSA) is 92.3 Å². The smallest absolute Gasteiger partial charge is 0.407 e. The molecule has 0 radical (unpaired) electrons. The lowest BCUT2D eigenvalue weighted by atomic mass is 9.99. The van der Waals surface area contributed by atoms with Crippen molar-refractivity contribution >= 4 is 17.5 Å². The van der Waals surface area contributed by atoms with Gasteiger partial charge in [0.15, 0.2) is 0 Å². The number of rotatable bonds is 1. The first-order valence-electron chi connectivity index (χ1n) is 5.36. The van der Waals surface area contributed by atoms with Crippen molar-refractivity contribution in [2.75, 3.05) is 12.3 Å². The van der Waals surface area contributed by atoms with Gasteiger partial charge in [-0.1, -0.05) is 6.08 Å². The Morgan fingerprint density at radius 3 is 2.82 bits per heavy atom. The third-order valence-electron chi connectivity index (χ3n) is 2.84. The van der Waals surface area contributed by atoms with Gasteiger partial charge in [-0.3, -0.25) is 0 Å². The van der Waals surface area contributed by atoms with E-state index in [1.807, 2.05) is 13.0 Å². The molecule has 1 aliphatic heterocycles. The molecule has 1 aliphatic rings. The maximum atomic E-state index is 10.9. The normalized spacial score (nSPS) is 19.9. The minimum absolute atomic E-state index is 0.0492. The van der Waals surface area contributed by atoms with E-state index in [4.69, 9.17) is 10.8 Å². The lowest BCUT2D eigenvalue weighted by molar-refractivity contribution is 0.133. The molecule has 0 aliphatic carbocycles. The molecule has 0 spiro atoms. The van der Waals surface area contributed by atoms with Gasteiger partial charge in [-0.05, 0) is 31.1 Å². The zero-order valence-corrected chi connectivity index (χ0v) is 9.50. The summed E-state index contributed by atoms with van der Waals surface area (Å²) in [6.45, 7) is 2.27. The summed E-state index contributed by atoms with van der Waals surface area (Å²) >= 11 is 0. The van der Waals surface area contributed by atoms with Crippen LogP contribution in [0.4, 0.5) is 10.6 Å². The van der Waals surface area contributed by atoms with Gasteiger partial charge in [0.2, 0.25) is 0 Å². The number of hydrogen-bond acceptors (Lipinski definition) is 4.